The maximum absolute atomic E-state index is 12.9. The van der Waals surface area contributed by atoms with Crippen LogP contribution in [0.2, 0.25) is 0 Å². The van der Waals surface area contributed by atoms with Gasteiger partial charge in [-0.05, 0) is 38.3 Å². The molecule has 0 aromatic carbocycles. The largest absolute Gasteiger partial charge is 0.408 e. The van der Waals surface area contributed by atoms with Gasteiger partial charge in [0, 0.05) is 65.8 Å². The van der Waals surface area contributed by atoms with Gasteiger partial charge in [-0.15, -0.1) is 0 Å². The molecule has 1 saturated heterocycles. The quantitative estimate of drug-likeness (QED) is 0.384. The number of fused-ring (bicyclic) bond motifs is 1. The number of nitrogens with two attached hydrogens (primary N) is 1. The molecule has 0 radical (unpaired) electrons. The lowest BCUT2D eigenvalue weighted by atomic mass is 9.95. The highest BCUT2D eigenvalue weighted by Crippen LogP contribution is 2.35. The zero-order valence-corrected chi connectivity index (χ0v) is 20.9. The summed E-state index contributed by atoms with van der Waals surface area (Å²) in [5.41, 5.74) is 9.18. The van der Waals surface area contributed by atoms with E-state index in [2.05, 4.69) is 32.3 Å². The fourth-order valence-corrected chi connectivity index (χ4v) is 4.87. The van der Waals surface area contributed by atoms with Gasteiger partial charge in [0.15, 0.2) is 5.65 Å². The number of piperidine rings is 1. The molecule has 12 heteroatoms. The predicted molar refractivity (Wildman–Crippen MR) is 137 cm³/mol. The number of aromatic nitrogens is 6. The first-order chi connectivity index (χ1) is 17.6. The number of rotatable bonds is 6. The molecule has 2 atom stereocenters. The van der Waals surface area contributed by atoms with Crippen molar-refractivity contribution in [3.05, 3.63) is 43.0 Å². The number of alkyl halides is 3. The summed E-state index contributed by atoms with van der Waals surface area (Å²) in [5, 5.41) is 12.6. The SMILES string of the molecule is CC(C)n1ncc2ccc(Nc3cc(N4C[C@@H](C)C[C@H](N)C4)c(-c4cnn(CC(F)(F)F)c4)cn3)nc21. The Morgan fingerprint density at radius 2 is 1.92 bits per heavy atom. The van der Waals surface area contributed by atoms with E-state index in [9.17, 15) is 13.2 Å². The Hall–Kier alpha value is -3.67. The van der Waals surface area contributed by atoms with Gasteiger partial charge in [0.05, 0.1) is 12.4 Å². The molecule has 0 saturated carbocycles. The standard InChI is InChI=1S/C25H30F3N9/c1-15(2)37-24-17(8-32-37)4-5-22(34-24)33-23-7-21(35-11-16(3)6-19(29)13-35)20(10-30-23)18-9-31-36(12-18)14-25(26,27)28/h4-5,7-10,12,15-16,19H,6,11,13-14,29H2,1-3H3,(H,30,33,34)/t16-,19-/m0/s1. The number of pyridine rings is 2. The zero-order chi connectivity index (χ0) is 26.3. The zero-order valence-electron chi connectivity index (χ0n) is 20.9. The van der Waals surface area contributed by atoms with Crippen LogP contribution in [0.1, 0.15) is 33.2 Å². The molecule has 37 heavy (non-hydrogen) atoms. The van der Waals surface area contributed by atoms with E-state index >= 15 is 0 Å². The van der Waals surface area contributed by atoms with Crippen LogP contribution in [0.5, 0.6) is 0 Å². The van der Waals surface area contributed by atoms with Crippen LogP contribution in [-0.2, 0) is 6.54 Å². The fraction of sp³-hybridized carbons (Fsp3) is 0.440. The van der Waals surface area contributed by atoms with E-state index in [1.165, 1.54) is 12.4 Å². The summed E-state index contributed by atoms with van der Waals surface area (Å²) in [7, 11) is 0. The molecule has 0 spiro atoms. The van der Waals surface area contributed by atoms with Gasteiger partial charge in [-0.3, -0.25) is 4.68 Å². The van der Waals surface area contributed by atoms with Gasteiger partial charge in [-0.1, -0.05) is 6.92 Å². The molecule has 1 aliphatic heterocycles. The number of hydrogen-bond donors (Lipinski definition) is 2. The van der Waals surface area contributed by atoms with E-state index in [0.29, 0.717) is 35.2 Å². The van der Waals surface area contributed by atoms with Crippen LogP contribution in [0.3, 0.4) is 0 Å². The summed E-state index contributed by atoms with van der Waals surface area (Å²) >= 11 is 0. The number of halogens is 3. The monoisotopic (exact) mass is 513 g/mol. The first-order valence-corrected chi connectivity index (χ1v) is 12.3. The van der Waals surface area contributed by atoms with Gasteiger partial charge >= 0.3 is 6.18 Å². The lowest BCUT2D eigenvalue weighted by molar-refractivity contribution is -0.142. The molecule has 9 nitrogen and oxygen atoms in total. The third-order valence-corrected chi connectivity index (χ3v) is 6.39. The Labute approximate surface area is 212 Å². The highest BCUT2D eigenvalue weighted by molar-refractivity contribution is 5.81. The van der Waals surface area contributed by atoms with Gasteiger partial charge in [0.25, 0.3) is 0 Å². The Balaban J connectivity index is 1.50. The minimum Gasteiger partial charge on any atom is -0.369 e. The molecule has 0 bridgehead atoms. The van der Waals surface area contributed by atoms with Crippen molar-refractivity contribution in [3.63, 3.8) is 0 Å². The first-order valence-electron chi connectivity index (χ1n) is 12.3. The topological polar surface area (TPSA) is 103 Å². The molecule has 0 aliphatic carbocycles. The average molecular weight is 514 g/mol. The van der Waals surface area contributed by atoms with E-state index in [0.717, 1.165) is 34.4 Å². The summed E-state index contributed by atoms with van der Waals surface area (Å²) < 4.78 is 41.5. The van der Waals surface area contributed by atoms with Gasteiger partial charge in [0.2, 0.25) is 0 Å². The second-order valence-electron chi connectivity index (χ2n) is 10.1. The number of anilines is 3. The van der Waals surface area contributed by atoms with Crippen molar-refractivity contribution < 1.29 is 13.2 Å². The molecule has 5 rings (SSSR count). The van der Waals surface area contributed by atoms with E-state index in [-0.39, 0.29) is 12.1 Å². The second kappa shape index (κ2) is 9.66. The van der Waals surface area contributed by atoms with Gasteiger partial charge < -0.3 is 16.0 Å². The van der Waals surface area contributed by atoms with Crippen molar-refractivity contribution in [1.29, 1.82) is 0 Å². The van der Waals surface area contributed by atoms with E-state index in [1.807, 2.05) is 36.7 Å². The maximum Gasteiger partial charge on any atom is 0.408 e. The van der Waals surface area contributed by atoms with E-state index < -0.39 is 12.7 Å². The second-order valence-corrected chi connectivity index (χ2v) is 10.1. The molecule has 5 heterocycles. The minimum atomic E-state index is -4.35. The van der Waals surface area contributed by atoms with Crippen molar-refractivity contribution in [2.24, 2.45) is 11.7 Å². The van der Waals surface area contributed by atoms with Crippen molar-refractivity contribution in [3.8, 4) is 11.1 Å². The minimum absolute atomic E-state index is 0.00507. The molecule has 1 fully saturated rings. The van der Waals surface area contributed by atoms with Crippen LogP contribution in [0.4, 0.5) is 30.5 Å². The lowest BCUT2D eigenvalue weighted by Gasteiger charge is -2.37. The van der Waals surface area contributed by atoms with Gasteiger partial charge in [0.1, 0.15) is 18.2 Å². The normalized spacial score (nSPS) is 18.6. The number of nitrogens with zero attached hydrogens (tertiary/aromatic N) is 7. The first kappa shape index (κ1) is 25.0. The lowest BCUT2D eigenvalue weighted by Crippen LogP contribution is -2.46. The number of nitrogens with one attached hydrogen (secondary N) is 1. The van der Waals surface area contributed by atoms with Crippen molar-refractivity contribution >= 4 is 28.4 Å². The molecule has 0 unspecified atom stereocenters. The van der Waals surface area contributed by atoms with Crippen LogP contribution >= 0.6 is 0 Å². The van der Waals surface area contributed by atoms with Crippen molar-refractivity contribution in [2.45, 2.75) is 52.0 Å². The molecule has 0 amide bonds. The Bertz CT molecular complexity index is 1380. The third-order valence-electron chi connectivity index (χ3n) is 6.39. The molecule has 4 aromatic rings. The predicted octanol–water partition coefficient (Wildman–Crippen LogP) is 4.75. The highest BCUT2D eigenvalue weighted by Gasteiger charge is 2.29. The molecular formula is C25H30F3N9. The van der Waals surface area contributed by atoms with Crippen molar-refractivity contribution in [1.82, 2.24) is 29.5 Å². The Morgan fingerprint density at radius 3 is 2.65 bits per heavy atom. The van der Waals surface area contributed by atoms with Crippen molar-refractivity contribution in [2.75, 3.05) is 23.3 Å². The summed E-state index contributed by atoms with van der Waals surface area (Å²) in [6, 6.07) is 5.87. The summed E-state index contributed by atoms with van der Waals surface area (Å²) in [6.45, 7) is 6.49. The third kappa shape index (κ3) is 5.53. The summed E-state index contributed by atoms with van der Waals surface area (Å²) in [5.74, 6) is 1.55. The maximum atomic E-state index is 12.9. The van der Waals surface area contributed by atoms with Crippen LogP contribution < -0.4 is 16.0 Å². The van der Waals surface area contributed by atoms with Crippen LogP contribution in [0, 0.1) is 5.92 Å². The Morgan fingerprint density at radius 1 is 1.11 bits per heavy atom. The summed E-state index contributed by atoms with van der Waals surface area (Å²) in [6.07, 6.45) is 2.85. The van der Waals surface area contributed by atoms with E-state index in [1.54, 1.807) is 12.4 Å². The number of hydrogen-bond acceptors (Lipinski definition) is 7. The van der Waals surface area contributed by atoms with Crippen LogP contribution in [-0.4, -0.2) is 54.8 Å². The average Bonchev–Trinajstić information content (AvgIpc) is 3.44. The van der Waals surface area contributed by atoms with Crippen LogP contribution in [0.25, 0.3) is 22.2 Å². The van der Waals surface area contributed by atoms with Gasteiger partial charge in [-0.25, -0.2) is 14.6 Å². The molecule has 3 N–H and O–H groups in total. The molecular weight excluding hydrogens is 483 g/mol. The van der Waals surface area contributed by atoms with Crippen LogP contribution in [0.15, 0.2) is 43.0 Å². The van der Waals surface area contributed by atoms with E-state index in [4.69, 9.17) is 10.7 Å². The highest BCUT2D eigenvalue weighted by atomic mass is 19.4. The Kier molecular flexibility index (Phi) is 6.52. The molecule has 196 valence electrons. The smallest absolute Gasteiger partial charge is 0.369 e. The van der Waals surface area contributed by atoms with Gasteiger partial charge in [-0.2, -0.15) is 23.4 Å². The molecule has 4 aromatic heterocycles. The molecule has 1 aliphatic rings. The fourth-order valence-electron chi connectivity index (χ4n) is 4.87. The summed E-state index contributed by atoms with van der Waals surface area (Å²) in [4.78, 5) is 11.5.